The quantitative estimate of drug-likeness (QED) is 0.355. The molecule has 0 spiro atoms. The highest BCUT2D eigenvalue weighted by atomic mass is 32.2. The number of halogens is 3. The van der Waals surface area contributed by atoms with Crippen molar-refractivity contribution in [2.45, 2.75) is 17.9 Å². The molecule has 5 rings (SSSR count). The minimum absolute atomic E-state index is 0.00331. The zero-order valence-corrected chi connectivity index (χ0v) is 25.6. The third-order valence-electron chi connectivity index (χ3n) is 7.46. The van der Waals surface area contributed by atoms with Crippen LogP contribution in [-0.4, -0.2) is 69.4 Å². The van der Waals surface area contributed by atoms with E-state index < -0.39 is 40.7 Å². The van der Waals surface area contributed by atoms with Crippen LogP contribution in [0.1, 0.15) is 17.3 Å². The Hall–Kier alpha value is -3.97. The van der Waals surface area contributed by atoms with Gasteiger partial charge in [-0.1, -0.05) is 0 Å². The van der Waals surface area contributed by atoms with Crippen LogP contribution in [0.5, 0.6) is 0 Å². The number of aryl methyl sites for hydroxylation is 2. The number of benzene rings is 2. The molecule has 230 valence electrons. The molecule has 1 saturated heterocycles. The van der Waals surface area contributed by atoms with Gasteiger partial charge in [-0.05, 0) is 61.3 Å². The first kappa shape index (κ1) is 32.0. The zero-order chi connectivity index (χ0) is 31.4. The fourth-order valence-electron chi connectivity index (χ4n) is 4.95. The summed E-state index contributed by atoms with van der Waals surface area (Å²) in [4.78, 5) is 32.9. The Kier molecular flexibility index (Phi) is 10.1. The number of alkyl halides is 1. The van der Waals surface area contributed by atoms with Crippen LogP contribution in [0.15, 0.2) is 63.3 Å². The van der Waals surface area contributed by atoms with E-state index in [9.17, 15) is 27.0 Å². The number of pyridine rings is 1. The second kappa shape index (κ2) is 13.6. The van der Waals surface area contributed by atoms with Crippen molar-refractivity contribution in [3.63, 3.8) is 0 Å². The lowest BCUT2D eigenvalue weighted by atomic mass is 9.99. The summed E-state index contributed by atoms with van der Waals surface area (Å²) in [6, 6.07) is 6.49. The van der Waals surface area contributed by atoms with Crippen LogP contribution in [0, 0.1) is 18.6 Å². The summed E-state index contributed by atoms with van der Waals surface area (Å²) in [5, 5.41) is 3.41. The predicted molar refractivity (Wildman–Crippen MR) is 164 cm³/mol. The smallest absolute Gasteiger partial charge is 0.273 e. The monoisotopic (exact) mass is 616 g/mol. The van der Waals surface area contributed by atoms with Crippen molar-refractivity contribution in [1.29, 1.82) is 0 Å². The molecular weight excluding hydrogens is 581 g/mol. The Morgan fingerprint density at radius 2 is 1.65 bits per heavy atom. The van der Waals surface area contributed by atoms with E-state index in [4.69, 9.17) is 0 Å². The molecule has 2 atom stereocenters. The zero-order valence-electron chi connectivity index (χ0n) is 24.7. The molecule has 1 aliphatic rings. The van der Waals surface area contributed by atoms with Crippen molar-refractivity contribution in [2.75, 3.05) is 56.4 Å². The van der Waals surface area contributed by atoms with Gasteiger partial charge >= 0.3 is 0 Å². The van der Waals surface area contributed by atoms with E-state index >= 15 is 0 Å². The number of nitrogens with one attached hydrogen (secondary N) is 1. The van der Waals surface area contributed by atoms with Gasteiger partial charge in [-0.3, -0.25) is 23.3 Å². The summed E-state index contributed by atoms with van der Waals surface area (Å²) >= 11 is 0. The topological polar surface area (TPSA) is 92.5 Å². The number of hydrogen-bond acceptors (Lipinski definition) is 7. The summed E-state index contributed by atoms with van der Waals surface area (Å²) in [7, 11) is 3.95. The fraction of sp³-hybridized carbons (Fsp3) is 0.367. The van der Waals surface area contributed by atoms with Crippen LogP contribution < -0.4 is 21.3 Å². The Bertz CT molecular complexity index is 1770. The van der Waals surface area contributed by atoms with Crippen LogP contribution in [0.25, 0.3) is 10.8 Å². The third kappa shape index (κ3) is 7.16. The SMILES string of the molecule is Cc1ncc(N2CCN(C)CC2)n(C)c1=O.Cn1ccc2c(C(CF)Nc3ccc(F)cc3S(C)=O)cc(F)cc2c1=O. The van der Waals surface area contributed by atoms with E-state index in [0.717, 1.165) is 56.3 Å². The second-order valence-corrected chi connectivity index (χ2v) is 11.8. The van der Waals surface area contributed by atoms with E-state index in [-0.39, 0.29) is 27.1 Å². The van der Waals surface area contributed by atoms with Gasteiger partial charge in [0.2, 0.25) is 0 Å². The number of nitrogens with zero attached hydrogens (tertiary/aromatic N) is 5. The molecule has 9 nitrogen and oxygen atoms in total. The largest absolute Gasteiger partial charge is 0.375 e. The van der Waals surface area contributed by atoms with Gasteiger partial charge in [0.25, 0.3) is 11.1 Å². The maximum absolute atomic E-state index is 14.1. The number of aromatic nitrogens is 3. The molecule has 0 radical (unpaired) electrons. The molecule has 0 aliphatic carbocycles. The van der Waals surface area contributed by atoms with Gasteiger partial charge in [0.15, 0.2) is 0 Å². The second-order valence-electron chi connectivity index (χ2n) is 10.5. The first-order valence-corrected chi connectivity index (χ1v) is 15.2. The summed E-state index contributed by atoms with van der Waals surface area (Å²) < 4.78 is 56.3. The van der Waals surface area contributed by atoms with Crippen LogP contribution in [0.4, 0.5) is 24.7 Å². The fourth-order valence-corrected chi connectivity index (χ4v) is 5.66. The molecule has 0 saturated carbocycles. The minimum atomic E-state index is -1.52. The lowest BCUT2D eigenvalue weighted by Crippen LogP contribution is -2.46. The highest BCUT2D eigenvalue weighted by Crippen LogP contribution is 2.30. The molecule has 0 amide bonds. The van der Waals surface area contributed by atoms with Crippen molar-refractivity contribution in [3.8, 4) is 0 Å². The lowest BCUT2D eigenvalue weighted by molar-refractivity contribution is 0.311. The average Bonchev–Trinajstić information content (AvgIpc) is 2.98. The van der Waals surface area contributed by atoms with Gasteiger partial charge in [-0.25, -0.2) is 13.2 Å². The van der Waals surface area contributed by atoms with Crippen molar-refractivity contribution in [3.05, 3.63) is 92.4 Å². The van der Waals surface area contributed by atoms with E-state index in [0.29, 0.717) is 11.1 Å². The average molecular weight is 617 g/mol. The van der Waals surface area contributed by atoms with Crippen LogP contribution in [0.3, 0.4) is 0 Å². The summed E-state index contributed by atoms with van der Waals surface area (Å²) in [6.45, 7) is 4.80. The van der Waals surface area contributed by atoms with E-state index in [1.165, 1.54) is 23.1 Å². The molecule has 13 heteroatoms. The maximum atomic E-state index is 14.1. The standard InChI is InChI=1S/C19H17F3N2O2S.C11H18N4O/c1-24-6-5-13-14(7-12(22)8-15(13)19(24)25)17(10-20)23-16-4-3-11(21)9-18(16)27(2)26;1-9-11(16)14(3)10(8-12-9)15-6-4-13(2)5-7-15/h3-9,17,23H,10H2,1-2H3;8H,4-7H2,1-3H3. The first-order valence-electron chi connectivity index (χ1n) is 13.6. The molecule has 1 fully saturated rings. The molecule has 4 aromatic rings. The number of fused-ring (bicyclic) bond motifs is 1. The number of anilines is 2. The normalized spacial score (nSPS) is 15.1. The molecule has 43 heavy (non-hydrogen) atoms. The maximum Gasteiger partial charge on any atom is 0.273 e. The van der Waals surface area contributed by atoms with E-state index in [1.807, 2.05) is 7.05 Å². The number of rotatable bonds is 6. The number of hydrogen-bond donors (Lipinski definition) is 1. The highest BCUT2D eigenvalue weighted by Gasteiger charge is 2.20. The van der Waals surface area contributed by atoms with Gasteiger partial charge < -0.3 is 19.7 Å². The minimum Gasteiger partial charge on any atom is -0.375 e. The van der Waals surface area contributed by atoms with Crippen molar-refractivity contribution in [1.82, 2.24) is 19.0 Å². The van der Waals surface area contributed by atoms with E-state index in [1.54, 1.807) is 30.8 Å². The van der Waals surface area contributed by atoms with Gasteiger partial charge in [-0.2, -0.15) is 0 Å². The Morgan fingerprint density at radius 1 is 0.953 bits per heavy atom. The lowest BCUT2D eigenvalue weighted by Gasteiger charge is -2.34. The Morgan fingerprint density at radius 3 is 2.30 bits per heavy atom. The Labute approximate surface area is 250 Å². The summed E-state index contributed by atoms with van der Waals surface area (Å²) in [6.07, 6.45) is 4.69. The molecule has 2 aromatic heterocycles. The molecule has 0 bridgehead atoms. The summed E-state index contributed by atoms with van der Waals surface area (Å²) in [5.74, 6) is -0.314. The predicted octanol–water partition coefficient (Wildman–Crippen LogP) is 3.52. The van der Waals surface area contributed by atoms with Crippen molar-refractivity contribution in [2.24, 2.45) is 14.1 Å². The van der Waals surface area contributed by atoms with Gasteiger partial charge in [-0.15, -0.1) is 0 Å². The molecule has 1 aliphatic heterocycles. The van der Waals surface area contributed by atoms with Gasteiger partial charge in [0.1, 0.15) is 29.8 Å². The third-order valence-corrected chi connectivity index (χ3v) is 8.42. The molecular formula is C30H35F3N6O3S. The number of likely N-dealkylation sites (N-methyl/N-ethyl adjacent to an activating group) is 1. The molecule has 2 aromatic carbocycles. The van der Waals surface area contributed by atoms with Gasteiger partial charge in [0, 0.05) is 52.7 Å². The van der Waals surface area contributed by atoms with Crippen molar-refractivity contribution < 1.29 is 17.4 Å². The number of piperazine rings is 1. The molecule has 2 unspecified atom stereocenters. The molecule has 3 heterocycles. The van der Waals surface area contributed by atoms with Crippen LogP contribution >= 0.6 is 0 Å². The first-order chi connectivity index (χ1) is 20.4. The molecule has 1 N–H and O–H groups in total. The van der Waals surface area contributed by atoms with Crippen LogP contribution in [-0.2, 0) is 24.9 Å². The van der Waals surface area contributed by atoms with Crippen LogP contribution in [0.2, 0.25) is 0 Å². The summed E-state index contributed by atoms with van der Waals surface area (Å²) in [5.41, 5.74) is 0.684. The highest BCUT2D eigenvalue weighted by molar-refractivity contribution is 7.84. The van der Waals surface area contributed by atoms with Crippen molar-refractivity contribution >= 4 is 33.1 Å². The van der Waals surface area contributed by atoms with Gasteiger partial charge in [0.05, 0.1) is 39.0 Å². The Balaban J connectivity index is 0.000000225. The van der Waals surface area contributed by atoms with E-state index in [2.05, 4.69) is 27.1 Å².